The van der Waals surface area contributed by atoms with Crippen molar-refractivity contribution in [2.45, 2.75) is 31.2 Å². The fourth-order valence-corrected chi connectivity index (χ4v) is 5.27. The van der Waals surface area contributed by atoms with E-state index in [1.54, 1.807) is 16.2 Å². The molecular weight excluding hydrogens is 452 g/mol. The summed E-state index contributed by atoms with van der Waals surface area (Å²) in [4.78, 5) is 21.3. The maximum absolute atomic E-state index is 12.6. The maximum Gasteiger partial charge on any atom is 0.240 e. The lowest BCUT2D eigenvalue weighted by molar-refractivity contribution is -0.132. The maximum atomic E-state index is 12.6. The van der Waals surface area contributed by atoms with Crippen molar-refractivity contribution in [3.05, 3.63) is 34.3 Å². The molecule has 176 valence electrons. The molecule has 1 aromatic heterocycles. The molecule has 9 nitrogen and oxygen atoms in total. The van der Waals surface area contributed by atoms with Gasteiger partial charge < -0.3 is 14.4 Å². The average Bonchev–Trinajstić information content (AvgIpc) is 3.26. The Morgan fingerprint density at radius 1 is 1.16 bits per heavy atom. The molecule has 0 radical (unpaired) electrons. The van der Waals surface area contributed by atoms with Crippen molar-refractivity contribution in [1.29, 1.82) is 0 Å². The molecule has 0 bridgehead atoms. The zero-order valence-corrected chi connectivity index (χ0v) is 20.3. The van der Waals surface area contributed by atoms with Crippen LogP contribution in [-0.4, -0.2) is 76.1 Å². The van der Waals surface area contributed by atoms with E-state index in [9.17, 15) is 13.2 Å². The molecule has 1 fully saturated rings. The Labute approximate surface area is 193 Å². The lowest BCUT2D eigenvalue weighted by Crippen LogP contribution is -2.48. The van der Waals surface area contributed by atoms with Gasteiger partial charge in [-0.2, -0.15) is 0 Å². The Bertz CT molecular complexity index is 1020. The summed E-state index contributed by atoms with van der Waals surface area (Å²) >= 11 is 1.69. The van der Waals surface area contributed by atoms with Gasteiger partial charge in [-0.3, -0.25) is 9.69 Å². The van der Waals surface area contributed by atoms with Gasteiger partial charge in [0.2, 0.25) is 15.9 Å². The molecule has 2 heterocycles. The average molecular weight is 483 g/mol. The number of amides is 1. The summed E-state index contributed by atoms with van der Waals surface area (Å²) in [7, 11) is -0.831. The van der Waals surface area contributed by atoms with Crippen LogP contribution in [0.2, 0.25) is 0 Å². The van der Waals surface area contributed by atoms with Gasteiger partial charge >= 0.3 is 0 Å². The molecular formula is C21H30N4O5S2. The van der Waals surface area contributed by atoms with Crippen LogP contribution in [0.4, 0.5) is 0 Å². The highest BCUT2D eigenvalue weighted by atomic mass is 32.2. The first-order chi connectivity index (χ1) is 15.4. The SMILES string of the molecule is CCc1nc(CN2CCN(C(=O)CCNS(=O)(=O)c3ccc(OC)c(OC)c3)CC2)cs1. The van der Waals surface area contributed by atoms with Gasteiger partial charge in [-0.1, -0.05) is 6.92 Å². The summed E-state index contributed by atoms with van der Waals surface area (Å²) in [6.07, 6.45) is 1.06. The number of hydrogen-bond donors (Lipinski definition) is 1. The Balaban J connectivity index is 1.45. The number of nitrogens with zero attached hydrogens (tertiary/aromatic N) is 3. The first kappa shape index (κ1) is 24.4. The number of aryl methyl sites for hydroxylation is 1. The highest BCUT2D eigenvalue weighted by molar-refractivity contribution is 7.89. The van der Waals surface area contributed by atoms with Gasteiger partial charge in [0, 0.05) is 57.1 Å². The monoisotopic (exact) mass is 482 g/mol. The predicted octanol–water partition coefficient (Wildman–Crippen LogP) is 1.74. The summed E-state index contributed by atoms with van der Waals surface area (Å²) < 4.78 is 37.9. The number of ether oxygens (including phenoxy) is 2. The minimum atomic E-state index is -3.76. The second-order valence-electron chi connectivity index (χ2n) is 7.41. The standard InChI is InChI=1S/C21H30N4O5S2/c1-4-20-23-16(15-31-20)14-24-9-11-25(12-10-24)21(26)7-8-22-32(27,28)17-5-6-18(29-2)19(13-17)30-3/h5-6,13,15,22H,4,7-12,14H2,1-3H3. The number of thiazole rings is 1. The van der Waals surface area contributed by atoms with Crippen molar-refractivity contribution in [2.24, 2.45) is 0 Å². The van der Waals surface area contributed by atoms with Gasteiger partial charge in [0.25, 0.3) is 0 Å². The summed E-state index contributed by atoms with van der Waals surface area (Å²) in [5.41, 5.74) is 1.08. The first-order valence-electron chi connectivity index (χ1n) is 10.5. The second-order valence-corrected chi connectivity index (χ2v) is 10.1. The number of sulfonamides is 1. The van der Waals surface area contributed by atoms with Gasteiger partial charge in [-0.25, -0.2) is 18.1 Å². The van der Waals surface area contributed by atoms with Crippen LogP contribution >= 0.6 is 11.3 Å². The van der Waals surface area contributed by atoms with Crippen LogP contribution in [0.3, 0.4) is 0 Å². The van der Waals surface area contributed by atoms with Crippen molar-refractivity contribution < 1.29 is 22.7 Å². The number of rotatable bonds is 10. The molecule has 11 heteroatoms. The summed E-state index contributed by atoms with van der Waals surface area (Å²) in [5.74, 6) is 0.718. The molecule has 1 saturated heterocycles. The number of aromatic nitrogens is 1. The lowest BCUT2D eigenvalue weighted by atomic mass is 10.2. The molecule has 2 aromatic rings. The fourth-order valence-electron chi connectivity index (χ4n) is 3.49. The van der Waals surface area contributed by atoms with E-state index in [1.165, 1.54) is 32.4 Å². The number of nitrogens with one attached hydrogen (secondary N) is 1. The smallest absolute Gasteiger partial charge is 0.240 e. The number of benzene rings is 1. The van der Waals surface area contributed by atoms with E-state index in [0.717, 1.165) is 36.8 Å². The third-order valence-electron chi connectivity index (χ3n) is 5.31. The molecule has 1 N–H and O–H groups in total. The van der Waals surface area contributed by atoms with Crippen molar-refractivity contribution in [3.8, 4) is 11.5 Å². The Kier molecular flexibility index (Phi) is 8.46. The molecule has 0 atom stereocenters. The quantitative estimate of drug-likeness (QED) is 0.550. The Morgan fingerprint density at radius 3 is 2.50 bits per heavy atom. The molecule has 0 aliphatic carbocycles. The molecule has 1 aliphatic rings. The van der Waals surface area contributed by atoms with Crippen LogP contribution < -0.4 is 14.2 Å². The van der Waals surface area contributed by atoms with E-state index in [-0.39, 0.29) is 23.8 Å². The molecule has 1 aliphatic heterocycles. The highest BCUT2D eigenvalue weighted by Gasteiger charge is 2.23. The number of carbonyl (C=O) groups is 1. The van der Waals surface area contributed by atoms with Gasteiger partial charge in [0.15, 0.2) is 11.5 Å². The van der Waals surface area contributed by atoms with E-state index < -0.39 is 10.0 Å². The van der Waals surface area contributed by atoms with E-state index in [0.29, 0.717) is 24.6 Å². The van der Waals surface area contributed by atoms with Crippen LogP contribution in [0.1, 0.15) is 24.0 Å². The highest BCUT2D eigenvalue weighted by Crippen LogP contribution is 2.29. The molecule has 0 spiro atoms. The minimum absolute atomic E-state index is 0.0361. The Morgan fingerprint density at radius 2 is 1.88 bits per heavy atom. The van der Waals surface area contributed by atoms with Crippen molar-refractivity contribution in [2.75, 3.05) is 46.9 Å². The lowest BCUT2D eigenvalue weighted by Gasteiger charge is -2.34. The van der Waals surface area contributed by atoms with Gasteiger partial charge in [0.1, 0.15) is 0 Å². The number of hydrogen-bond acceptors (Lipinski definition) is 8. The first-order valence-corrected chi connectivity index (χ1v) is 12.9. The molecule has 0 unspecified atom stereocenters. The second kappa shape index (κ2) is 11.1. The Hall–Kier alpha value is -2.21. The molecule has 1 amide bonds. The zero-order chi connectivity index (χ0) is 23.1. The molecule has 32 heavy (non-hydrogen) atoms. The van der Waals surface area contributed by atoms with Crippen molar-refractivity contribution in [1.82, 2.24) is 19.5 Å². The molecule has 1 aromatic carbocycles. The van der Waals surface area contributed by atoms with E-state index in [4.69, 9.17) is 9.47 Å². The van der Waals surface area contributed by atoms with Crippen LogP contribution in [0.25, 0.3) is 0 Å². The predicted molar refractivity (Wildman–Crippen MR) is 123 cm³/mol. The number of carbonyl (C=O) groups excluding carboxylic acids is 1. The van der Waals surface area contributed by atoms with E-state index in [2.05, 4.69) is 26.9 Å². The third-order valence-corrected chi connectivity index (χ3v) is 7.81. The summed E-state index contributed by atoms with van der Waals surface area (Å²) in [5, 5.41) is 3.24. The molecule has 3 rings (SSSR count). The summed E-state index contributed by atoms with van der Waals surface area (Å²) in [6.45, 7) is 5.75. The van der Waals surface area contributed by atoms with Crippen LogP contribution in [0.5, 0.6) is 11.5 Å². The van der Waals surface area contributed by atoms with E-state index >= 15 is 0 Å². The van der Waals surface area contributed by atoms with Crippen molar-refractivity contribution in [3.63, 3.8) is 0 Å². The van der Waals surface area contributed by atoms with E-state index in [1.807, 2.05) is 0 Å². The molecule has 0 saturated carbocycles. The number of methoxy groups -OCH3 is 2. The normalized spacial score (nSPS) is 15.0. The van der Waals surface area contributed by atoms with Crippen LogP contribution in [0.15, 0.2) is 28.5 Å². The van der Waals surface area contributed by atoms with Gasteiger partial charge in [-0.15, -0.1) is 11.3 Å². The minimum Gasteiger partial charge on any atom is -0.493 e. The topological polar surface area (TPSA) is 101 Å². The van der Waals surface area contributed by atoms with Gasteiger partial charge in [0.05, 0.1) is 29.8 Å². The van der Waals surface area contributed by atoms with Crippen molar-refractivity contribution >= 4 is 27.3 Å². The fraction of sp³-hybridized carbons (Fsp3) is 0.524. The van der Waals surface area contributed by atoms with Gasteiger partial charge in [-0.05, 0) is 18.6 Å². The van der Waals surface area contributed by atoms with Crippen LogP contribution in [0, 0.1) is 0 Å². The third kappa shape index (κ3) is 6.18. The number of piperazine rings is 1. The zero-order valence-electron chi connectivity index (χ0n) is 18.7. The largest absolute Gasteiger partial charge is 0.493 e. The summed E-state index contributed by atoms with van der Waals surface area (Å²) in [6, 6.07) is 4.37. The van der Waals surface area contributed by atoms with Crippen LogP contribution in [-0.2, 0) is 27.8 Å².